The first-order chi connectivity index (χ1) is 71.5. The summed E-state index contributed by atoms with van der Waals surface area (Å²) in [6.07, 6.45) is 2.87. The molecule has 4 fully saturated rings. The van der Waals surface area contributed by atoms with Crippen LogP contribution in [0.3, 0.4) is 0 Å². The number of carbonyl (C=O) groups excluding carboxylic acids is 22. The number of amides is 22. The lowest BCUT2D eigenvalue weighted by atomic mass is 9.99. The van der Waals surface area contributed by atoms with E-state index in [1.165, 1.54) is 68.5 Å². The molecule has 0 radical (unpaired) electrons. The van der Waals surface area contributed by atoms with Gasteiger partial charge in [-0.15, -0.1) is 11.8 Å². The number of nitrogens with two attached hydrogens (primary N) is 4. The fourth-order valence-corrected chi connectivity index (χ4v) is 20.2. The third-order valence-electron chi connectivity index (χ3n) is 25.1. The fraction of sp³-hybridized carbons (Fsp3) is 0.551. The van der Waals surface area contributed by atoms with Crippen molar-refractivity contribution in [1.82, 2.24) is 111 Å². The quantitative estimate of drug-likeness (QED) is 0.0190. The topological polar surface area (TPSA) is 744 Å². The van der Waals surface area contributed by atoms with E-state index >= 15 is 14.4 Å². The van der Waals surface area contributed by atoms with Crippen molar-refractivity contribution < 1.29 is 111 Å². The van der Waals surface area contributed by atoms with Crippen LogP contribution in [0.25, 0.3) is 0 Å². The smallest absolute Gasteiger partial charge is 0.267 e. The van der Waals surface area contributed by atoms with Crippen LogP contribution < -0.4 is 129 Å². The molecular weight excluding hydrogens is 2020 g/mol. The average molecular weight is 2170 g/mol. The zero-order valence-electron chi connectivity index (χ0n) is 84.9. The molecule has 3 aromatic rings. The lowest BCUT2D eigenvalue weighted by Crippen LogP contribution is -2.62. The molecule has 48 nitrogen and oxygen atoms in total. The molecule has 8 rings (SSSR count). The van der Waals surface area contributed by atoms with E-state index < -0.39 is 286 Å². The highest BCUT2D eigenvalue weighted by molar-refractivity contribution is 8.02. The summed E-state index contributed by atoms with van der Waals surface area (Å²) in [6, 6.07) is -4.35. The van der Waals surface area contributed by atoms with Crippen molar-refractivity contribution in [3.05, 3.63) is 125 Å². The van der Waals surface area contributed by atoms with Crippen molar-refractivity contribution >= 4 is 177 Å². The third-order valence-corrected chi connectivity index (χ3v) is 29.5. The number of rotatable bonds is 36. The van der Waals surface area contributed by atoms with Crippen LogP contribution >= 0.6 is 47.0 Å². The molecule has 3 aromatic carbocycles. The Morgan fingerprint density at radius 1 is 0.527 bits per heavy atom. The molecular formula is C98H141N25O23S4. The first-order valence-electron chi connectivity index (χ1n) is 49.8. The molecule has 820 valence electrons. The molecule has 5 aliphatic heterocycles. The van der Waals surface area contributed by atoms with Crippen molar-refractivity contribution in [3.63, 3.8) is 0 Å². The first-order valence-corrected chi connectivity index (χ1v) is 54.2. The fourth-order valence-electron chi connectivity index (χ4n) is 16.2. The van der Waals surface area contributed by atoms with Crippen LogP contribution in [0.1, 0.15) is 143 Å². The van der Waals surface area contributed by atoms with E-state index in [2.05, 4.69) is 106 Å². The number of nitrogens with zero attached hydrogens (tertiary/aromatic N) is 1. The van der Waals surface area contributed by atoms with Gasteiger partial charge in [0.25, 0.3) is 5.91 Å². The minimum atomic E-state index is -1.80. The second kappa shape index (κ2) is 61.6. The lowest BCUT2D eigenvalue weighted by Gasteiger charge is -2.33. The summed E-state index contributed by atoms with van der Waals surface area (Å²) >= 11 is 3.54. The molecule has 0 saturated carbocycles. The van der Waals surface area contributed by atoms with E-state index in [-0.39, 0.29) is 106 Å². The molecule has 29 N–H and O–H groups in total. The summed E-state index contributed by atoms with van der Waals surface area (Å²) in [6.45, 7) is 11.3. The molecule has 52 heteroatoms. The lowest BCUT2D eigenvalue weighted by molar-refractivity contribution is -0.142. The monoisotopic (exact) mass is 2160 g/mol. The van der Waals surface area contributed by atoms with Gasteiger partial charge in [0.05, 0.1) is 25.6 Å². The van der Waals surface area contributed by atoms with E-state index in [1.807, 2.05) is 6.92 Å². The van der Waals surface area contributed by atoms with Crippen LogP contribution in [-0.4, -0.2) is 321 Å². The number of carbonyl (C=O) groups is 22. The van der Waals surface area contributed by atoms with Crippen LogP contribution in [0, 0.1) is 11.8 Å². The van der Waals surface area contributed by atoms with Gasteiger partial charge in [0.1, 0.15) is 114 Å². The Kier molecular flexibility index (Phi) is 50.0. The second-order valence-corrected chi connectivity index (χ2v) is 41.9. The predicted octanol–water partition coefficient (Wildman–Crippen LogP) is -6.02. The maximum atomic E-state index is 15.6. The number of hydrogen-bond acceptors (Lipinski definition) is 30. The van der Waals surface area contributed by atoms with Gasteiger partial charge in [-0.25, -0.2) is 0 Å². The molecule has 20 atom stereocenters. The van der Waals surface area contributed by atoms with Crippen molar-refractivity contribution in [2.45, 2.75) is 259 Å². The van der Waals surface area contributed by atoms with Gasteiger partial charge < -0.3 is 139 Å². The van der Waals surface area contributed by atoms with Crippen molar-refractivity contribution in [1.29, 1.82) is 0 Å². The molecule has 4 saturated heterocycles. The van der Waals surface area contributed by atoms with Gasteiger partial charge in [0.15, 0.2) is 0 Å². The van der Waals surface area contributed by atoms with Gasteiger partial charge in [-0.2, -0.15) is 35.3 Å². The molecule has 5 aliphatic rings. The van der Waals surface area contributed by atoms with Gasteiger partial charge in [-0.1, -0.05) is 120 Å². The second-order valence-electron chi connectivity index (χ2n) is 37.4. The van der Waals surface area contributed by atoms with Gasteiger partial charge in [0.2, 0.25) is 124 Å². The van der Waals surface area contributed by atoms with E-state index in [0.29, 0.717) is 48.8 Å². The highest BCUT2D eigenvalue weighted by Gasteiger charge is 2.45. The number of phenolic OH excluding ortho intramolecular Hbond substituents is 1. The number of benzene rings is 3. The van der Waals surface area contributed by atoms with E-state index in [9.17, 15) is 96.2 Å². The summed E-state index contributed by atoms with van der Waals surface area (Å²) in [4.78, 5) is 319. The minimum absolute atomic E-state index is 0.00118. The summed E-state index contributed by atoms with van der Waals surface area (Å²) in [5, 5.41) is 62.5. The summed E-state index contributed by atoms with van der Waals surface area (Å²) in [5.41, 5.74) is 24.6. The van der Waals surface area contributed by atoms with Crippen molar-refractivity contribution in [2.24, 2.45) is 34.8 Å². The van der Waals surface area contributed by atoms with Crippen LogP contribution in [0.15, 0.2) is 108 Å². The Hall–Kier alpha value is -13.4. The largest absolute Gasteiger partial charge is 0.508 e. The van der Waals surface area contributed by atoms with Gasteiger partial charge in [-0.05, 0) is 138 Å². The number of thioether (sulfide) groups is 4. The SMILES string of the molecule is C/C=C(/NC(=O)[C@H](CCCCN)NC(=O)[C@H](C)NC(=O)[C@H]1CS[C@@H](C)[C@@H](NC(=O)[C@H]2CSC[C@@H](NC(=O)[C@H](C)NC(=O)[C@@H](N)[C@@H](C)CC)C(=O)N[C@@H](CCCCN)C(=O)N[C@@H](Cc3ccccc3)C(=O)N[C@@H](CC(C)C)C(=O)N2)C(=O)N2CCC[C@H]2C(=O)NCC(=O)N1)C(=O)NCC(=O)N[C@@H]1CSC[C@H]2NC(=O)[C@H](Cc3ccc(O)cc3)NC(=O)[C@@H](CSC=CNC2=O)NC(=O)[C@H](CC(N)=O)NC(=O)[C@H](Cc2ccccc2)NC1=O. The van der Waals surface area contributed by atoms with Crippen molar-refractivity contribution in [2.75, 3.05) is 67.2 Å². The molecule has 2 bridgehead atoms. The first kappa shape index (κ1) is 122. The molecule has 150 heavy (non-hydrogen) atoms. The molecule has 0 spiro atoms. The van der Waals surface area contributed by atoms with Crippen LogP contribution in [-0.2, 0) is 125 Å². The standard InChI is InChI=1S/C98H141N25O23S4/c1-9-52(5)78(102)97(145)107-54(7)81(129)118-71-48-149-49-72(121-86(134)63(38-51(3)4)113-87(135)64(39-56-22-13-11-14-23-56)114-85(133)62(112-93(71)141)27-18-20-34-100)95(143)122-79-55(8)150-50-73(109-77(127)44-105-96(144)74-28-21-36-123(74)98(79)146)91(139)106-53(6)80(128)111-61(26-17-19-33-99)84(132)110-60(10-2)82(130)104-43-76(126)108-69-47-148-46-68-83(131)103-35-37-147-45-70(94(142)116-66(89(137)119-68)41-58-29-31-59(124)32-30-58)120-90(138)67(42-75(101)125)117-88(136)65(115-92(69)140)40-57-24-15-12-16-25-57/h10-16,22-25,29-32,35,37,51-55,61-74,78-79,124H,9,17-21,26-28,33-34,36,38-50,99-100,102H2,1-8H3,(H2,101,125)(H,103,131)(H,104,130)(H,105,144)(H,106,139)(H,107,145)(H,108,126)(H,109,127)(H,110,132)(H,111,128)(H,112,141)(H,113,135)(H,114,133)(H,115,140)(H,116,142)(H,117,136)(H,118,129)(H,119,137)(H,120,138)(H,121,134)(H,122,143)/b37-35?,60-10+/t52-,53-,54-,55-,61-,62-,63-,64-,65-,66-,67-,68+,69+,70+,71+,72+,73+,74-,78-,79+/m0/s1. The maximum absolute atomic E-state index is 15.6. The van der Waals surface area contributed by atoms with Gasteiger partial charge >= 0.3 is 0 Å². The van der Waals surface area contributed by atoms with E-state index in [4.69, 9.17) is 22.9 Å². The Labute approximate surface area is 885 Å². The Bertz CT molecular complexity index is 5330. The predicted molar refractivity (Wildman–Crippen MR) is 560 cm³/mol. The molecule has 22 amide bonds. The number of fused-ring (bicyclic) bond motifs is 7. The summed E-state index contributed by atoms with van der Waals surface area (Å²) in [5.74, 6) is -23.5. The number of nitrogens with one attached hydrogen (secondary N) is 20. The Morgan fingerprint density at radius 3 is 1.67 bits per heavy atom. The zero-order valence-corrected chi connectivity index (χ0v) is 88.2. The number of primary amides is 1. The maximum Gasteiger partial charge on any atom is 0.267 e. The molecule has 0 unspecified atom stereocenters. The number of aromatic hydroxyl groups is 1. The number of allylic oxidation sites excluding steroid dienone is 1. The summed E-state index contributed by atoms with van der Waals surface area (Å²) < 4.78 is 0. The van der Waals surface area contributed by atoms with Gasteiger partial charge in [-0.3, -0.25) is 105 Å². The zero-order chi connectivity index (χ0) is 110. The normalized spacial score (nSPS) is 24.7. The Morgan fingerprint density at radius 2 is 1.06 bits per heavy atom. The Balaban J connectivity index is 1.01. The number of hydrogen-bond donors (Lipinski definition) is 25. The van der Waals surface area contributed by atoms with Crippen molar-refractivity contribution in [3.8, 4) is 5.75 Å². The number of unbranched alkanes of at least 4 members (excludes halogenated alkanes) is 2. The van der Waals surface area contributed by atoms with E-state index in [1.54, 1.807) is 81.4 Å². The van der Waals surface area contributed by atoms with Gasteiger partial charge in [0, 0.05) is 71.8 Å². The van der Waals surface area contributed by atoms with Crippen LogP contribution in [0.4, 0.5) is 0 Å². The highest BCUT2D eigenvalue weighted by Crippen LogP contribution is 2.27. The molecule has 0 aliphatic carbocycles. The van der Waals surface area contributed by atoms with Crippen LogP contribution in [0.5, 0.6) is 5.75 Å². The minimum Gasteiger partial charge on any atom is -0.508 e. The van der Waals surface area contributed by atoms with Crippen LogP contribution in [0.2, 0.25) is 0 Å². The third kappa shape index (κ3) is 39.2. The molecule has 5 heterocycles. The molecule has 0 aromatic heterocycles. The van der Waals surface area contributed by atoms with E-state index in [0.717, 1.165) is 53.1 Å². The average Bonchev–Trinajstić information content (AvgIpc) is 1.63. The highest BCUT2D eigenvalue weighted by atomic mass is 32.2. The number of phenols is 1. The summed E-state index contributed by atoms with van der Waals surface area (Å²) in [7, 11) is 0.